The molecule has 0 aliphatic heterocycles. The first-order valence-corrected chi connectivity index (χ1v) is 20.5. The van der Waals surface area contributed by atoms with Crippen LogP contribution >= 0.6 is 23.2 Å². The summed E-state index contributed by atoms with van der Waals surface area (Å²) in [6, 6.07) is 22.8. The van der Waals surface area contributed by atoms with Crippen LogP contribution in [0.1, 0.15) is 62.6 Å². The van der Waals surface area contributed by atoms with Crippen LogP contribution in [0.15, 0.2) is 97.6 Å². The predicted octanol–water partition coefficient (Wildman–Crippen LogP) is 8.67. The van der Waals surface area contributed by atoms with Crippen molar-refractivity contribution in [3.05, 3.63) is 163 Å². The normalized spacial score (nSPS) is 11.9. The van der Waals surface area contributed by atoms with Gasteiger partial charge in [0.15, 0.2) is 0 Å². The molecule has 63 heavy (non-hydrogen) atoms. The van der Waals surface area contributed by atoms with Crippen LogP contribution in [0.25, 0.3) is 11.1 Å². The Bertz CT molecular complexity index is 2650. The molecule has 0 bridgehead atoms. The fourth-order valence-corrected chi connectivity index (χ4v) is 7.26. The second-order valence-electron chi connectivity index (χ2n) is 14.7. The summed E-state index contributed by atoms with van der Waals surface area (Å²) in [5.41, 5.74) is 9.28. The molecular weight excluding hydrogens is 845 g/mol. The molecule has 0 fully saturated rings. The number of rotatable bonds is 20. The van der Waals surface area contributed by atoms with Crippen molar-refractivity contribution in [3.8, 4) is 40.2 Å². The van der Waals surface area contributed by atoms with Gasteiger partial charge in [0, 0.05) is 77.5 Å². The lowest BCUT2D eigenvalue weighted by Crippen LogP contribution is -2.44. The van der Waals surface area contributed by atoms with Crippen LogP contribution in [-0.4, -0.2) is 49.6 Å². The van der Waals surface area contributed by atoms with Gasteiger partial charge in [-0.2, -0.15) is 5.26 Å². The summed E-state index contributed by atoms with van der Waals surface area (Å²) in [6.07, 6.45) is 6.32. The predicted molar refractivity (Wildman–Crippen MR) is 239 cm³/mol. The molecule has 0 saturated heterocycles. The van der Waals surface area contributed by atoms with E-state index in [1.165, 1.54) is 19.3 Å². The van der Waals surface area contributed by atoms with Gasteiger partial charge >= 0.3 is 5.97 Å². The Morgan fingerprint density at radius 3 is 1.81 bits per heavy atom. The van der Waals surface area contributed by atoms with Crippen molar-refractivity contribution in [2.24, 2.45) is 0 Å². The molecule has 0 unspecified atom stereocenters. The largest absolute Gasteiger partial charge is 0.488 e. The van der Waals surface area contributed by atoms with E-state index in [0.29, 0.717) is 55.8 Å². The smallest absolute Gasteiger partial charge is 0.323 e. The molecule has 0 aliphatic carbocycles. The minimum atomic E-state index is -1.24. The third-order valence-electron chi connectivity index (χ3n) is 10.3. The molecule has 15 heteroatoms. The molecule has 0 saturated carbocycles. The van der Waals surface area contributed by atoms with E-state index in [1.54, 1.807) is 55.0 Å². The Hall–Kier alpha value is -6.53. The molecule has 2 atom stereocenters. The van der Waals surface area contributed by atoms with Gasteiger partial charge in [0.25, 0.3) is 0 Å². The number of nitriles is 1. The van der Waals surface area contributed by atoms with Crippen LogP contribution < -0.4 is 24.3 Å². The van der Waals surface area contributed by atoms with Gasteiger partial charge in [-0.3, -0.25) is 20.1 Å². The summed E-state index contributed by atoms with van der Waals surface area (Å²) in [4.78, 5) is 20.0. The number of halogens is 2. The van der Waals surface area contributed by atoms with E-state index >= 15 is 0 Å². The van der Waals surface area contributed by atoms with Crippen molar-refractivity contribution < 1.29 is 39.1 Å². The van der Waals surface area contributed by atoms with Gasteiger partial charge in [-0.25, -0.2) is 0 Å². The summed E-state index contributed by atoms with van der Waals surface area (Å²) >= 11 is 13.4. The first kappa shape index (κ1) is 46.0. The first-order valence-electron chi connectivity index (χ1n) is 19.8. The van der Waals surface area contributed by atoms with Crippen LogP contribution in [0.2, 0.25) is 10.0 Å². The van der Waals surface area contributed by atoms with Crippen LogP contribution in [0.3, 0.4) is 0 Å². The second kappa shape index (κ2) is 21.5. The highest BCUT2D eigenvalue weighted by molar-refractivity contribution is 6.32. The van der Waals surface area contributed by atoms with Gasteiger partial charge in [-0.05, 0) is 78.4 Å². The quantitative estimate of drug-likeness (QED) is 0.0458. The Morgan fingerprint density at radius 2 is 1.29 bits per heavy atom. The van der Waals surface area contributed by atoms with Crippen LogP contribution in [0.5, 0.6) is 23.0 Å². The Morgan fingerprint density at radius 1 is 0.762 bits per heavy atom. The monoisotopic (exact) mass is 889 g/mol. The molecule has 4 aromatic carbocycles. The van der Waals surface area contributed by atoms with Gasteiger partial charge < -0.3 is 39.7 Å². The molecule has 13 nitrogen and oxygen atoms in total. The molecule has 2 aromatic heterocycles. The van der Waals surface area contributed by atoms with Crippen molar-refractivity contribution in [3.63, 3.8) is 0 Å². The highest BCUT2D eigenvalue weighted by Crippen LogP contribution is 2.37. The minimum absolute atomic E-state index is 0.0117. The number of ether oxygens (including phenoxy) is 4. The molecule has 324 valence electrons. The number of nitrogens with zero attached hydrogens (tertiary/aromatic N) is 3. The van der Waals surface area contributed by atoms with E-state index in [2.05, 4.69) is 21.4 Å². The van der Waals surface area contributed by atoms with Crippen molar-refractivity contribution in [1.82, 2.24) is 15.3 Å². The zero-order valence-corrected chi connectivity index (χ0v) is 36.2. The number of aliphatic hydroxyl groups is 2. The number of aliphatic carboxylic acids is 1. The van der Waals surface area contributed by atoms with Gasteiger partial charge in [-0.1, -0.05) is 59.6 Å². The highest BCUT2D eigenvalue weighted by Gasteiger charge is 2.24. The zero-order chi connectivity index (χ0) is 45.0. The number of carboxylic acid groups (broad SMARTS) is 1. The number of carboxylic acids is 1. The molecule has 0 aliphatic rings. The number of aliphatic hydroxyl groups excluding tert-OH is 2. The molecule has 0 spiro atoms. The lowest BCUT2D eigenvalue weighted by Gasteiger charge is -2.20. The molecule has 6 aromatic rings. The van der Waals surface area contributed by atoms with Gasteiger partial charge in [0.05, 0.1) is 28.3 Å². The number of hydrogen-bond acceptors (Lipinski definition) is 12. The third-order valence-corrected chi connectivity index (χ3v) is 10.9. The SMILES string of the molecule is Cc1c(COc2cc(OCc3cncc(C=N)c3)c(CO)cc2Cl)cccc1-c1cccc(COc2cc(OCc3cncc(C#N)c3)c(CN[C@H](C(=O)O)[C@H](C)O)cc2Cl)c1C. The van der Waals surface area contributed by atoms with Gasteiger partial charge in [-0.15, -0.1) is 0 Å². The summed E-state index contributed by atoms with van der Waals surface area (Å²) < 4.78 is 24.8. The molecule has 0 amide bonds. The molecule has 0 radical (unpaired) electrons. The zero-order valence-electron chi connectivity index (χ0n) is 34.7. The summed E-state index contributed by atoms with van der Waals surface area (Å²) in [7, 11) is 0. The third kappa shape index (κ3) is 11.7. The van der Waals surface area contributed by atoms with Gasteiger partial charge in [0.2, 0.25) is 0 Å². The van der Waals surface area contributed by atoms with Gasteiger partial charge in [0.1, 0.15) is 61.5 Å². The summed E-state index contributed by atoms with van der Waals surface area (Å²) in [6.45, 7) is 5.75. The Labute approximate surface area is 374 Å². The molecule has 6 rings (SSSR count). The maximum atomic E-state index is 11.8. The molecule has 2 heterocycles. The lowest BCUT2D eigenvalue weighted by atomic mass is 9.92. The number of carbonyl (C=O) groups is 1. The topological polar surface area (TPSA) is 200 Å². The number of pyridine rings is 2. The molecular formula is C48H45Cl2N5O8. The first-order chi connectivity index (χ1) is 30.4. The number of benzene rings is 4. The molecule has 5 N–H and O–H groups in total. The summed E-state index contributed by atoms with van der Waals surface area (Å²) in [5, 5.41) is 49.9. The fraction of sp³-hybridized carbons (Fsp3) is 0.229. The second-order valence-corrected chi connectivity index (χ2v) is 15.5. The van der Waals surface area contributed by atoms with E-state index < -0.39 is 18.1 Å². The minimum Gasteiger partial charge on any atom is -0.488 e. The lowest BCUT2D eigenvalue weighted by molar-refractivity contribution is -0.142. The number of hydrogen-bond donors (Lipinski definition) is 5. The van der Waals surface area contributed by atoms with Crippen molar-refractivity contribution in [1.29, 1.82) is 10.7 Å². The highest BCUT2D eigenvalue weighted by atomic mass is 35.5. The van der Waals surface area contributed by atoms with E-state index in [-0.39, 0.29) is 44.6 Å². The van der Waals surface area contributed by atoms with Crippen molar-refractivity contribution in [2.45, 2.75) is 72.5 Å². The van der Waals surface area contributed by atoms with Crippen molar-refractivity contribution >= 4 is 35.4 Å². The average molecular weight is 891 g/mol. The fourth-order valence-electron chi connectivity index (χ4n) is 6.78. The van der Waals surface area contributed by atoms with Crippen molar-refractivity contribution in [2.75, 3.05) is 0 Å². The van der Waals surface area contributed by atoms with Crippen LogP contribution in [0, 0.1) is 30.6 Å². The maximum absolute atomic E-state index is 11.8. The van der Waals surface area contributed by atoms with E-state index in [1.807, 2.05) is 50.2 Å². The van der Waals surface area contributed by atoms with E-state index in [4.69, 9.17) is 47.6 Å². The van der Waals surface area contributed by atoms with E-state index in [9.17, 15) is 25.4 Å². The Kier molecular flexibility index (Phi) is 15.7. The average Bonchev–Trinajstić information content (AvgIpc) is 3.28. The number of aromatic nitrogens is 2. The van der Waals surface area contributed by atoms with E-state index in [0.717, 1.165) is 38.9 Å². The standard InChI is InChI=1S/C48H45Cl2N5O8/c1-28-35(26-62-45-14-43(60-24-33-10-31(16-51)18-53-20-33)37(12-41(45)49)22-55-47(30(3)57)48(58)59)6-4-8-39(28)40-9-5-7-36(29(40)2)27-63-46-15-44(38(23-56)13-42(46)50)61-25-34-11-32(17-52)19-54-21-34/h4-15,17-21,30,47,52,55-57H,22-27H2,1-3H3,(H,58,59)/t30-,47-/m0/s1. The summed E-state index contributed by atoms with van der Waals surface area (Å²) in [5.74, 6) is 0.284. The van der Waals surface area contributed by atoms with Crippen LogP contribution in [-0.2, 0) is 44.4 Å². The Balaban J connectivity index is 1.19. The van der Waals surface area contributed by atoms with Crippen LogP contribution in [0.4, 0.5) is 0 Å². The maximum Gasteiger partial charge on any atom is 0.323 e. The number of nitrogens with one attached hydrogen (secondary N) is 2.